The van der Waals surface area contributed by atoms with Gasteiger partial charge in [-0.1, -0.05) is 6.92 Å². The van der Waals surface area contributed by atoms with Crippen molar-refractivity contribution in [2.24, 2.45) is 11.8 Å². The molecule has 0 spiro atoms. The molecule has 3 heteroatoms. The number of carbonyl (C=O) groups is 2. The quantitative estimate of drug-likeness (QED) is 0.680. The Morgan fingerprint density at radius 1 is 1.44 bits per heavy atom. The van der Waals surface area contributed by atoms with Crippen molar-refractivity contribution in [2.45, 2.75) is 59.0 Å². The van der Waals surface area contributed by atoms with Gasteiger partial charge in [-0.2, -0.15) is 0 Å². The standard InChI is InChI=1S/C13H22O3/c1-9(12(15)16-13(2,3)4)10-6-5-7-11(14)8-10/h9-10H,5-8H2,1-4H3/t9-,10-/m1/s1. The van der Waals surface area contributed by atoms with Crippen LogP contribution in [0.2, 0.25) is 0 Å². The van der Waals surface area contributed by atoms with E-state index in [2.05, 4.69) is 0 Å². The second-order valence-corrected chi connectivity index (χ2v) is 5.72. The molecule has 0 heterocycles. The van der Waals surface area contributed by atoms with Crippen molar-refractivity contribution >= 4 is 11.8 Å². The van der Waals surface area contributed by atoms with E-state index in [0.29, 0.717) is 12.8 Å². The van der Waals surface area contributed by atoms with Crippen molar-refractivity contribution in [3.8, 4) is 0 Å². The first kappa shape index (κ1) is 13.2. The molecule has 1 rings (SSSR count). The third kappa shape index (κ3) is 3.95. The molecule has 0 radical (unpaired) electrons. The molecule has 1 saturated carbocycles. The van der Waals surface area contributed by atoms with Gasteiger partial charge in [-0.3, -0.25) is 9.59 Å². The second-order valence-electron chi connectivity index (χ2n) is 5.72. The number of ketones is 1. The van der Waals surface area contributed by atoms with Gasteiger partial charge in [-0.25, -0.2) is 0 Å². The van der Waals surface area contributed by atoms with Gasteiger partial charge in [0.1, 0.15) is 11.4 Å². The predicted octanol–water partition coefficient (Wildman–Crippen LogP) is 2.72. The Bertz CT molecular complexity index is 275. The van der Waals surface area contributed by atoms with Crippen molar-refractivity contribution in [1.82, 2.24) is 0 Å². The molecular formula is C13H22O3. The molecule has 0 amide bonds. The highest BCUT2D eigenvalue weighted by atomic mass is 16.6. The average Bonchev–Trinajstić information content (AvgIpc) is 2.14. The minimum Gasteiger partial charge on any atom is -0.460 e. The summed E-state index contributed by atoms with van der Waals surface area (Å²) in [6.07, 6.45) is 3.10. The van der Waals surface area contributed by atoms with Crippen LogP contribution in [0.3, 0.4) is 0 Å². The molecule has 92 valence electrons. The van der Waals surface area contributed by atoms with Crippen LogP contribution < -0.4 is 0 Å². The SMILES string of the molecule is C[C@@H](C(=O)OC(C)(C)C)[C@@H]1CCCC(=O)C1. The van der Waals surface area contributed by atoms with E-state index in [0.717, 1.165) is 12.8 Å². The van der Waals surface area contributed by atoms with E-state index < -0.39 is 5.60 Å². The van der Waals surface area contributed by atoms with Crippen molar-refractivity contribution < 1.29 is 14.3 Å². The third-order valence-corrected chi connectivity index (χ3v) is 3.01. The minimum absolute atomic E-state index is 0.163. The zero-order chi connectivity index (χ0) is 12.3. The van der Waals surface area contributed by atoms with Crippen molar-refractivity contribution in [3.63, 3.8) is 0 Å². The summed E-state index contributed by atoms with van der Waals surface area (Å²) >= 11 is 0. The Morgan fingerprint density at radius 2 is 2.06 bits per heavy atom. The lowest BCUT2D eigenvalue weighted by atomic mass is 9.80. The van der Waals surface area contributed by atoms with Crippen molar-refractivity contribution in [1.29, 1.82) is 0 Å². The number of Topliss-reactive ketones (excluding diaryl/α,β-unsaturated/α-hetero) is 1. The number of esters is 1. The smallest absolute Gasteiger partial charge is 0.309 e. The third-order valence-electron chi connectivity index (χ3n) is 3.01. The topological polar surface area (TPSA) is 43.4 Å². The lowest BCUT2D eigenvalue weighted by Gasteiger charge is -2.28. The summed E-state index contributed by atoms with van der Waals surface area (Å²) in [5.74, 6) is 0.124. The summed E-state index contributed by atoms with van der Waals surface area (Å²) in [7, 11) is 0. The highest BCUT2D eigenvalue weighted by Gasteiger charge is 2.31. The average molecular weight is 226 g/mol. The molecule has 0 bridgehead atoms. The number of hydrogen-bond donors (Lipinski definition) is 0. The summed E-state index contributed by atoms with van der Waals surface area (Å²) in [4.78, 5) is 23.2. The number of rotatable bonds is 2. The van der Waals surface area contributed by atoms with Gasteiger partial charge in [0.05, 0.1) is 5.92 Å². The second kappa shape index (κ2) is 4.98. The van der Waals surface area contributed by atoms with E-state index in [1.165, 1.54) is 0 Å². The lowest BCUT2D eigenvalue weighted by molar-refractivity contribution is -0.161. The molecule has 16 heavy (non-hydrogen) atoms. The summed E-state index contributed by atoms with van der Waals surface area (Å²) in [6.45, 7) is 7.47. The largest absolute Gasteiger partial charge is 0.460 e. The first-order valence-corrected chi connectivity index (χ1v) is 6.04. The first-order valence-electron chi connectivity index (χ1n) is 6.04. The molecular weight excluding hydrogens is 204 g/mol. The number of hydrogen-bond acceptors (Lipinski definition) is 3. The monoisotopic (exact) mass is 226 g/mol. The molecule has 0 aromatic heterocycles. The number of carbonyl (C=O) groups excluding carboxylic acids is 2. The minimum atomic E-state index is -0.440. The highest BCUT2D eigenvalue weighted by Crippen LogP contribution is 2.29. The van der Waals surface area contributed by atoms with E-state index in [-0.39, 0.29) is 23.6 Å². The normalized spacial score (nSPS) is 24.0. The summed E-state index contributed by atoms with van der Waals surface area (Å²) < 4.78 is 5.34. The Kier molecular flexibility index (Phi) is 4.11. The Labute approximate surface area is 97.5 Å². The van der Waals surface area contributed by atoms with Gasteiger partial charge in [0.25, 0.3) is 0 Å². The van der Waals surface area contributed by atoms with Crippen molar-refractivity contribution in [3.05, 3.63) is 0 Å². The fourth-order valence-corrected chi connectivity index (χ4v) is 2.07. The van der Waals surface area contributed by atoms with Crippen LogP contribution in [0.15, 0.2) is 0 Å². The predicted molar refractivity (Wildman–Crippen MR) is 62.0 cm³/mol. The molecule has 0 aliphatic heterocycles. The fraction of sp³-hybridized carbons (Fsp3) is 0.846. The summed E-state index contributed by atoms with van der Waals surface area (Å²) in [6, 6.07) is 0. The van der Waals surface area contributed by atoms with E-state index in [1.807, 2.05) is 27.7 Å². The molecule has 1 fully saturated rings. The Hall–Kier alpha value is -0.860. The van der Waals surface area contributed by atoms with Crippen LogP contribution in [0.1, 0.15) is 53.4 Å². The molecule has 0 aromatic carbocycles. The van der Waals surface area contributed by atoms with Crippen LogP contribution in [0.25, 0.3) is 0 Å². The molecule has 0 unspecified atom stereocenters. The van der Waals surface area contributed by atoms with Crippen molar-refractivity contribution in [2.75, 3.05) is 0 Å². The maximum atomic E-state index is 11.8. The van der Waals surface area contributed by atoms with Crippen LogP contribution in [0.4, 0.5) is 0 Å². The highest BCUT2D eigenvalue weighted by molar-refractivity contribution is 5.81. The van der Waals surface area contributed by atoms with E-state index >= 15 is 0 Å². The maximum Gasteiger partial charge on any atom is 0.309 e. The van der Waals surface area contributed by atoms with E-state index in [1.54, 1.807) is 0 Å². The Morgan fingerprint density at radius 3 is 2.56 bits per heavy atom. The fourth-order valence-electron chi connectivity index (χ4n) is 2.07. The molecule has 1 aliphatic rings. The lowest BCUT2D eigenvalue weighted by Crippen LogP contribution is -2.33. The van der Waals surface area contributed by atoms with E-state index in [4.69, 9.17) is 4.74 Å². The van der Waals surface area contributed by atoms with Gasteiger partial charge in [0, 0.05) is 12.8 Å². The molecule has 2 atom stereocenters. The zero-order valence-corrected chi connectivity index (χ0v) is 10.7. The van der Waals surface area contributed by atoms with Gasteiger partial charge in [-0.15, -0.1) is 0 Å². The van der Waals surface area contributed by atoms with Gasteiger partial charge in [0.2, 0.25) is 0 Å². The van der Waals surface area contributed by atoms with Crippen LogP contribution in [0, 0.1) is 11.8 Å². The van der Waals surface area contributed by atoms with Crippen LogP contribution in [-0.2, 0) is 14.3 Å². The Balaban J connectivity index is 2.53. The summed E-state index contributed by atoms with van der Waals surface area (Å²) in [5.41, 5.74) is -0.440. The molecule has 0 N–H and O–H groups in total. The van der Waals surface area contributed by atoms with Crippen LogP contribution in [-0.4, -0.2) is 17.4 Å². The van der Waals surface area contributed by atoms with E-state index in [9.17, 15) is 9.59 Å². The summed E-state index contributed by atoms with van der Waals surface area (Å²) in [5, 5.41) is 0. The van der Waals surface area contributed by atoms with Gasteiger partial charge < -0.3 is 4.74 Å². The number of ether oxygens (including phenoxy) is 1. The van der Waals surface area contributed by atoms with Gasteiger partial charge in [0.15, 0.2) is 0 Å². The van der Waals surface area contributed by atoms with Gasteiger partial charge >= 0.3 is 5.97 Å². The maximum absolute atomic E-state index is 11.8. The first-order chi connectivity index (χ1) is 7.29. The van der Waals surface area contributed by atoms with Crippen LogP contribution >= 0.6 is 0 Å². The molecule has 3 nitrogen and oxygen atoms in total. The van der Waals surface area contributed by atoms with Crippen LogP contribution in [0.5, 0.6) is 0 Å². The molecule has 0 saturated heterocycles. The zero-order valence-electron chi connectivity index (χ0n) is 10.7. The molecule has 0 aromatic rings. The van der Waals surface area contributed by atoms with Gasteiger partial charge in [-0.05, 0) is 39.5 Å². The molecule has 1 aliphatic carbocycles.